The number of hydrogen-bond donors (Lipinski definition) is 0. The number of aryl methyl sites for hydroxylation is 3. The van der Waals surface area contributed by atoms with Gasteiger partial charge in [0.1, 0.15) is 34.6 Å². The molecule has 9 aromatic rings. The second-order valence-electron chi connectivity index (χ2n) is 16.7. The molecule has 0 aliphatic carbocycles. The predicted molar refractivity (Wildman–Crippen MR) is 284 cm³/mol. The number of terminal acetylenes is 1. The fourth-order valence-corrected chi connectivity index (χ4v) is 8.80. The molecule has 0 unspecified atom stereocenters. The summed E-state index contributed by atoms with van der Waals surface area (Å²) in [6.07, 6.45) is 19.3. The van der Waals surface area contributed by atoms with Crippen LogP contribution in [0.25, 0.3) is 32.7 Å². The zero-order valence-electron chi connectivity index (χ0n) is 38.7. The number of pyridine rings is 3. The van der Waals surface area contributed by atoms with Crippen LogP contribution in [-0.4, -0.2) is 43.6 Å². The normalized spacial score (nSPS) is 12.8. The Morgan fingerprint density at radius 3 is 1.20 bits per heavy atom. The molecule has 6 aromatic heterocycles. The van der Waals surface area contributed by atoms with E-state index in [0.717, 1.165) is 138 Å². The Morgan fingerprint density at radius 1 is 0.451 bits per heavy atom. The summed E-state index contributed by atoms with van der Waals surface area (Å²) in [5, 5.41) is 2.05. The van der Waals surface area contributed by atoms with Crippen molar-refractivity contribution in [1.29, 1.82) is 0 Å². The molecule has 0 atom stereocenters. The van der Waals surface area contributed by atoms with Gasteiger partial charge in [-0.1, -0.05) is 51.9 Å². The summed E-state index contributed by atoms with van der Waals surface area (Å²) >= 11 is 3.40. The molecular formula is C57H47BrClN9O3. The van der Waals surface area contributed by atoms with E-state index in [1.165, 1.54) is 0 Å². The first kappa shape index (κ1) is 49.4. The monoisotopic (exact) mass is 1020 g/mol. The van der Waals surface area contributed by atoms with Crippen LogP contribution in [0.5, 0.6) is 0 Å². The largest absolute Gasteiger partial charge is 0.296 e. The number of nitrogens with zero attached hydrogens (tertiary/aromatic N) is 9. The van der Waals surface area contributed by atoms with Crippen LogP contribution in [0, 0.1) is 36.0 Å². The summed E-state index contributed by atoms with van der Waals surface area (Å²) in [6.45, 7) is 2.36. The summed E-state index contributed by atoms with van der Waals surface area (Å²) in [7, 11) is 0. The van der Waals surface area contributed by atoms with Gasteiger partial charge < -0.3 is 0 Å². The van der Waals surface area contributed by atoms with Crippen molar-refractivity contribution >= 4 is 61.0 Å². The van der Waals surface area contributed by atoms with Crippen molar-refractivity contribution in [3.8, 4) is 36.0 Å². The van der Waals surface area contributed by atoms with Crippen molar-refractivity contribution in [2.24, 2.45) is 0 Å². The topological polar surface area (TPSA) is 143 Å². The highest BCUT2D eigenvalue weighted by Gasteiger charge is 2.17. The van der Waals surface area contributed by atoms with Crippen molar-refractivity contribution < 1.29 is 0 Å². The molecule has 12 nitrogen and oxygen atoms in total. The lowest BCUT2D eigenvalue weighted by molar-refractivity contribution is 0.501. The molecule has 0 radical (unpaired) electrons. The van der Waals surface area contributed by atoms with Crippen molar-refractivity contribution in [3.63, 3.8) is 0 Å². The first-order chi connectivity index (χ1) is 34.3. The second-order valence-corrected chi connectivity index (χ2v) is 17.7. The molecule has 0 saturated carbocycles. The molecule has 0 bridgehead atoms. The number of rotatable bonds is 0. The first-order valence-corrected chi connectivity index (χ1v) is 24.1. The molecule has 14 heteroatoms. The van der Waals surface area contributed by atoms with Crippen molar-refractivity contribution in [2.45, 2.75) is 77.4 Å². The van der Waals surface area contributed by atoms with Gasteiger partial charge in [-0.3, -0.25) is 28.1 Å². The van der Waals surface area contributed by atoms with Gasteiger partial charge in [0.2, 0.25) is 0 Å². The predicted octanol–water partition coefficient (Wildman–Crippen LogP) is 9.04. The van der Waals surface area contributed by atoms with Crippen LogP contribution in [0.3, 0.4) is 0 Å². The van der Waals surface area contributed by atoms with Gasteiger partial charge in [0.05, 0.1) is 32.7 Å². The first-order valence-electron chi connectivity index (χ1n) is 23.3. The summed E-state index contributed by atoms with van der Waals surface area (Å²) < 4.78 is 6.41. The number of halogens is 2. The molecule has 3 aromatic carbocycles. The number of aromatic nitrogens is 9. The molecule has 71 heavy (non-hydrogen) atoms. The van der Waals surface area contributed by atoms with Crippen molar-refractivity contribution in [3.05, 3.63) is 209 Å². The van der Waals surface area contributed by atoms with Crippen LogP contribution in [-0.2, 0) is 38.9 Å². The molecular weight excluding hydrogens is 974 g/mol. The lowest BCUT2D eigenvalue weighted by atomic mass is 10.1. The number of hydrogen-bond acceptors (Lipinski definition) is 9. The maximum absolute atomic E-state index is 12.5. The highest BCUT2D eigenvalue weighted by atomic mass is 79.9. The van der Waals surface area contributed by atoms with Crippen LogP contribution in [0.4, 0.5) is 0 Å². The van der Waals surface area contributed by atoms with Gasteiger partial charge in [0.25, 0.3) is 16.7 Å². The van der Waals surface area contributed by atoms with E-state index in [2.05, 4.69) is 75.4 Å². The maximum atomic E-state index is 12.5. The number of benzene rings is 3. The van der Waals surface area contributed by atoms with E-state index in [-0.39, 0.29) is 29.1 Å². The van der Waals surface area contributed by atoms with Gasteiger partial charge >= 0.3 is 0 Å². The Morgan fingerprint density at radius 2 is 0.831 bits per heavy atom. The molecule has 0 fully saturated rings. The highest BCUT2D eigenvalue weighted by molar-refractivity contribution is 9.10. The molecule has 12 rings (SSSR count). The van der Waals surface area contributed by atoms with Crippen LogP contribution in [0.1, 0.15) is 84.2 Å². The maximum Gasteiger partial charge on any atom is 0.261 e. The lowest BCUT2D eigenvalue weighted by Crippen LogP contribution is -2.28. The van der Waals surface area contributed by atoms with Gasteiger partial charge in [-0.2, -0.15) is 0 Å². The molecule has 352 valence electrons. The molecule has 3 aliphatic rings. The van der Waals surface area contributed by atoms with E-state index < -0.39 is 0 Å². The number of fused-ring (bicyclic) bond motifs is 6. The zero-order chi connectivity index (χ0) is 48.2. The third kappa shape index (κ3) is 12.1. The van der Waals surface area contributed by atoms with Gasteiger partial charge in [-0.15, -0.1) is 18.8 Å². The molecule has 0 spiro atoms. The van der Waals surface area contributed by atoms with E-state index in [1.54, 1.807) is 24.7 Å². The minimum absolute atomic E-state index is 0. The molecule has 0 amide bonds. The quantitative estimate of drug-likeness (QED) is 0.136. The summed E-state index contributed by atoms with van der Waals surface area (Å²) in [5.74, 6) is 17.4. The fraction of sp³-hybridized carbons (Fsp3) is 0.211. The van der Waals surface area contributed by atoms with Gasteiger partial charge in [-0.25, -0.2) is 29.9 Å². The minimum atomic E-state index is 0. The Labute approximate surface area is 424 Å². The van der Waals surface area contributed by atoms with E-state index in [0.29, 0.717) is 21.9 Å². The van der Waals surface area contributed by atoms with Crippen LogP contribution >= 0.6 is 28.3 Å². The summed E-state index contributed by atoms with van der Waals surface area (Å²) in [4.78, 5) is 63.4. The van der Waals surface area contributed by atoms with E-state index in [1.807, 2.05) is 117 Å². The van der Waals surface area contributed by atoms with Gasteiger partial charge in [0.15, 0.2) is 0 Å². The van der Waals surface area contributed by atoms with Crippen molar-refractivity contribution in [2.75, 3.05) is 0 Å². The third-order valence-corrected chi connectivity index (χ3v) is 12.5. The fourth-order valence-electron chi connectivity index (χ4n) is 8.45. The van der Waals surface area contributed by atoms with E-state index >= 15 is 0 Å². The Hall–Kier alpha value is -8.02. The molecule has 0 saturated heterocycles. The SMILES string of the molecule is C#Cc1ccccn1.Cl.O=c1c2ccc(Br)cc2nc2n1CCCC2.O=c1c2ccc(C#Cc3ccccn3)cc2nc2n1CCCC2.O=c1c2ccc(C#Cc3ccccn3)cc2nc2n1CCCC2. The van der Waals surface area contributed by atoms with Crippen LogP contribution in [0.15, 0.2) is 147 Å². The highest BCUT2D eigenvalue weighted by Crippen LogP contribution is 2.20. The average molecular weight is 1020 g/mol. The third-order valence-electron chi connectivity index (χ3n) is 12.0. The Balaban J connectivity index is 0.000000133. The smallest absolute Gasteiger partial charge is 0.261 e. The Bertz CT molecular complexity index is 3570. The zero-order valence-corrected chi connectivity index (χ0v) is 41.1. The molecule has 0 N–H and O–H groups in total. The van der Waals surface area contributed by atoms with Gasteiger partial charge in [0, 0.05) is 73.1 Å². The average Bonchev–Trinajstić information content (AvgIpc) is 3.41. The van der Waals surface area contributed by atoms with Crippen LogP contribution in [0.2, 0.25) is 0 Å². The van der Waals surface area contributed by atoms with Gasteiger partial charge in [-0.05, 0) is 141 Å². The molecule has 3 aliphatic heterocycles. The van der Waals surface area contributed by atoms with Crippen molar-refractivity contribution in [1.82, 2.24) is 43.6 Å². The molecule has 9 heterocycles. The summed E-state index contributed by atoms with van der Waals surface area (Å²) in [5.41, 5.74) is 6.32. The lowest BCUT2D eigenvalue weighted by Gasteiger charge is -2.17. The van der Waals surface area contributed by atoms with Crippen LogP contribution < -0.4 is 16.7 Å². The second kappa shape index (κ2) is 23.5. The minimum Gasteiger partial charge on any atom is -0.296 e. The standard InChI is InChI=1S/2C19H15N3O.C12H11BrN2O.C7H5N.ClH/c2*23-19-16-10-8-14(7-9-15-5-1-3-11-20-15)13-17(16)21-18-6-2-4-12-22(18)19;13-8-4-5-9-10(7-8)14-11-3-1-2-6-15(11)12(9)16;1-2-7-5-3-4-6-8-7;/h2*1,3,5,8,10-11,13H,2,4,6,12H2;4-5,7H,1-3,6H2;1,3-6H;1H. The Kier molecular flexibility index (Phi) is 16.4. The van der Waals surface area contributed by atoms with E-state index in [4.69, 9.17) is 6.42 Å². The summed E-state index contributed by atoms with van der Waals surface area (Å²) in [6, 6.07) is 33.6. The van der Waals surface area contributed by atoms with E-state index in [9.17, 15) is 14.4 Å².